The second kappa shape index (κ2) is 6.45. The Labute approximate surface area is 102 Å². The van der Waals surface area contributed by atoms with E-state index in [1.165, 1.54) is 0 Å². The summed E-state index contributed by atoms with van der Waals surface area (Å²) in [6, 6.07) is -0.192. The van der Waals surface area contributed by atoms with Crippen molar-refractivity contribution < 1.29 is 13.2 Å². The molecule has 1 amide bonds. The Morgan fingerprint density at radius 2 is 2.12 bits per heavy atom. The predicted molar refractivity (Wildman–Crippen MR) is 64.4 cm³/mol. The molecule has 0 bridgehead atoms. The van der Waals surface area contributed by atoms with Crippen LogP contribution in [0.5, 0.6) is 0 Å². The lowest BCUT2D eigenvalue weighted by atomic mass is 10.1. The third-order valence-corrected chi connectivity index (χ3v) is 4.70. The van der Waals surface area contributed by atoms with E-state index in [1.807, 2.05) is 0 Å². The van der Waals surface area contributed by atoms with E-state index < -0.39 is 9.84 Å². The summed E-state index contributed by atoms with van der Waals surface area (Å²) in [4.78, 5) is 11.4. The highest BCUT2D eigenvalue weighted by Gasteiger charge is 2.25. The predicted octanol–water partition coefficient (Wildman–Crippen LogP) is 1.09. The number of hydrogen-bond donors (Lipinski definition) is 1. The maximum absolute atomic E-state index is 11.4. The van der Waals surface area contributed by atoms with E-state index in [0.29, 0.717) is 18.7 Å². The molecule has 1 aliphatic heterocycles. The number of carbonyl (C=O) groups is 1. The smallest absolute Gasteiger partial charge is 0.220 e. The first-order valence-electron chi connectivity index (χ1n) is 5.59. The number of carbonyl (C=O) groups excluding carboxylic acids is 1. The SMILES string of the molecule is O=C(CCCCCl)NC1CCCS(=O)(=O)C1. The van der Waals surface area contributed by atoms with Crippen molar-refractivity contribution in [2.75, 3.05) is 17.4 Å². The fourth-order valence-electron chi connectivity index (χ4n) is 1.82. The van der Waals surface area contributed by atoms with Gasteiger partial charge in [-0.2, -0.15) is 0 Å². The molecule has 16 heavy (non-hydrogen) atoms. The van der Waals surface area contributed by atoms with Crippen molar-refractivity contribution in [3.8, 4) is 0 Å². The highest BCUT2D eigenvalue weighted by molar-refractivity contribution is 7.91. The Hall–Kier alpha value is -0.290. The third kappa shape index (κ3) is 5.16. The normalized spacial score (nSPS) is 23.9. The first-order valence-corrected chi connectivity index (χ1v) is 7.95. The molecular weight excluding hydrogens is 250 g/mol. The molecule has 1 unspecified atom stereocenters. The van der Waals surface area contributed by atoms with Crippen LogP contribution < -0.4 is 5.32 Å². The molecule has 0 aromatic rings. The molecule has 1 rings (SSSR count). The Balaban J connectivity index is 2.28. The Morgan fingerprint density at radius 3 is 2.75 bits per heavy atom. The minimum Gasteiger partial charge on any atom is -0.352 e. The summed E-state index contributed by atoms with van der Waals surface area (Å²) >= 11 is 5.50. The van der Waals surface area contributed by atoms with Crippen LogP contribution in [0.15, 0.2) is 0 Å². The molecule has 1 aliphatic rings. The monoisotopic (exact) mass is 267 g/mol. The van der Waals surface area contributed by atoms with Crippen LogP contribution >= 0.6 is 11.6 Å². The van der Waals surface area contributed by atoms with E-state index in [4.69, 9.17) is 11.6 Å². The molecule has 6 heteroatoms. The van der Waals surface area contributed by atoms with Gasteiger partial charge in [0.25, 0.3) is 0 Å². The van der Waals surface area contributed by atoms with Gasteiger partial charge in [0.1, 0.15) is 0 Å². The zero-order chi connectivity index (χ0) is 12.0. The lowest BCUT2D eigenvalue weighted by Gasteiger charge is -2.22. The number of unbranched alkanes of at least 4 members (excludes halogenated alkanes) is 1. The van der Waals surface area contributed by atoms with Crippen molar-refractivity contribution in [2.45, 2.75) is 38.1 Å². The number of amides is 1. The molecular formula is C10H18ClNO3S. The van der Waals surface area contributed by atoms with E-state index in [2.05, 4.69) is 5.32 Å². The summed E-state index contributed by atoms with van der Waals surface area (Å²) in [5.74, 6) is 0.845. The fraction of sp³-hybridized carbons (Fsp3) is 0.900. The summed E-state index contributed by atoms with van der Waals surface area (Å²) < 4.78 is 22.7. The van der Waals surface area contributed by atoms with Gasteiger partial charge in [-0.25, -0.2) is 8.42 Å². The molecule has 1 fully saturated rings. The molecule has 0 aromatic heterocycles. The van der Waals surface area contributed by atoms with Crippen LogP contribution in [0.4, 0.5) is 0 Å². The zero-order valence-corrected chi connectivity index (χ0v) is 10.8. The minimum absolute atomic E-state index is 0.0628. The van der Waals surface area contributed by atoms with Gasteiger partial charge in [0.2, 0.25) is 5.91 Å². The van der Waals surface area contributed by atoms with Crippen molar-refractivity contribution in [3.63, 3.8) is 0 Å². The van der Waals surface area contributed by atoms with Gasteiger partial charge in [-0.1, -0.05) is 0 Å². The Bertz CT molecular complexity index is 329. The first kappa shape index (κ1) is 13.8. The van der Waals surface area contributed by atoms with Crippen molar-refractivity contribution in [2.24, 2.45) is 0 Å². The number of halogens is 1. The molecule has 0 spiro atoms. The van der Waals surface area contributed by atoms with Crippen LogP contribution in [0, 0.1) is 0 Å². The van der Waals surface area contributed by atoms with Crippen molar-refractivity contribution in [1.82, 2.24) is 5.32 Å². The second-order valence-electron chi connectivity index (χ2n) is 4.17. The van der Waals surface area contributed by atoms with E-state index in [9.17, 15) is 13.2 Å². The highest BCUT2D eigenvalue weighted by Crippen LogP contribution is 2.12. The van der Waals surface area contributed by atoms with E-state index in [1.54, 1.807) is 0 Å². The Kier molecular flexibility index (Phi) is 5.55. The van der Waals surface area contributed by atoms with Crippen LogP contribution in [0.2, 0.25) is 0 Å². The van der Waals surface area contributed by atoms with Crippen LogP contribution in [0.1, 0.15) is 32.1 Å². The van der Waals surface area contributed by atoms with Gasteiger partial charge < -0.3 is 5.32 Å². The summed E-state index contributed by atoms with van der Waals surface area (Å²) in [6.45, 7) is 0. The maximum Gasteiger partial charge on any atom is 0.220 e. The van der Waals surface area contributed by atoms with Crippen molar-refractivity contribution >= 4 is 27.3 Å². The first-order chi connectivity index (χ1) is 7.53. The Morgan fingerprint density at radius 1 is 1.38 bits per heavy atom. The molecule has 0 aromatic carbocycles. The molecule has 1 N–H and O–H groups in total. The molecule has 94 valence electrons. The molecule has 1 heterocycles. The molecule has 0 saturated carbocycles. The lowest BCUT2D eigenvalue weighted by molar-refractivity contribution is -0.121. The van der Waals surface area contributed by atoms with Crippen LogP contribution in [0.3, 0.4) is 0 Å². The number of nitrogens with one attached hydrogen (secondary N) is 1. The van der Waals surface area contributed by atoms with E-state index in [-0.39, 0.29) is 23.5 Å². The number of hydrogen-bond acceptors (Lipinski definition) is 3. The van der Waals surface area contributed by atoms with Gasteiger partial charge in [-0.3, -0.25) is 4.79 Å². The van der Waals surface area contributed by atoms with Gasteiger partial charge in [0.15, 0.2) is 9.84 Å². The number of sulfone groups is 1. The lowest BCUT2D eigenvalue weighted by Crippen LogP contribution is -2.43. The van der Waals surface area contributed by atoms with Gasteiger partial charge in [0.05, 0.1) is 11.5 Å². The third-order valence-electron chi connectivity index (χ3n) is 2.62. The highest BCUT2D eigenvalue weighted by atomic mass is 35.5. The number of alkyl halides is 1. The van der Waals surface area contributed by atoms with Crippen molar-refractivity contribution in [3.05, 3.63) is 0 Å². The maximum atomic E-state index is 11.4. The molecule has 4 nitrogen and oxygen atoms in total. The minimum atomic E-state index is -2.94. The zero-order valence-electron chi connectivity index (χ0n) is 9.25. The second-order valence-corrected chi connectivity index (χ2v) is 6.77. The molecule has 0 radical (unpaired) electrons. The summed E-state index contributed by atoms with van der Waals surface area (Å²) in [5.41, 5.74) is 0. The topological polar surface area (TPSA) is 63.2 Å². The van der Waals surface area contributed by atoms with Gasteiger partial charge in [-0.05, 0) is 25.7 Å². The van der Waals surface area contributed by atoms with Crippen LogP contribution in [-0.2, 0) is 14.6 Å². The molecule has 1 atom stereocenters. The van der Waals surface area contributed by atoms with Gasteiger partial charge in [-0.15, -0.1) is 11.6 Å². The van der Waals surface area contributed by atoms with Crippen LogP contribution in [-0.4, -0.2) is 37.8 Å². The fourth-order valence-corrected chi connectivity index (χ4v) is 3.64. The average molecular weight is 268 g/mol. The number of rotatable bonds is 5. The average Bonchev–Trinajstić information content (AvgIpc) is 2.16. The van der Waals surface area contributed by atoms with Gasteiger partial charge in [0, 0.05) is 18.3 Å². The molecule has 1 saturated heterocycles. The van der Waals surface area contributed by atoms with Crippen LogP contribution in [0.25, 0.3) is 0 Å². The summed E-state index contributed by atoms with van der Waals surface area (Å²) in [6.07, 6.45) is 3.42. The van der Waals surface area contributed by atoms with E-state index >= 15 is 0 Å². The largest absolute Gasteiger partial charge is 0.352 e. The van der Waals surface area contributed by atoms with Crippen molar-refractivity contribution in [1.29, 1.82) is 0 Å². The standard InChI is InChI=1S/C10H18ClNO3S/c11-6-2-1-5-10(13)12-9-4-3-7-16(14,15)8-9/h9H,1-8H2,(H,12,13). The quantitative estimate of drug-likeness (QED) is 0.599. The van der Waals surface area contributed by atoms with Gasteiger partial charge >= 0.3 is 0 Å². The summed E-state index contributed by atoms with van der Waals surface area (Å²) in [5, 5.41) is 2.77. The van der Waals surface area contributed by atoms with E-state index in [0.717, 1.165) is 19.3 Å². The molecule has 0 aliphatic carbocycles. The summed E-state index contributed by atoms with van der Waals surface area (Å²) in [7, 11) is -2.94.